The third-order valence-corrected chi connectivity index (χ3v) is 3.35. The molecule has 1 aromatic carbocycles. The molecule has 4 nitrogen and oxygen atoms in total. The van der Waals surface area contributed by atoms with Crippen LogP contribution in [0, 0.1) is 5.92 Å². The van der Waals surface area contributed by atoms with E-state index < -0.39 is 30.8 Å². The van der Waals surface area contributed by atoms with Gasteiger partial charge in [0.2, 0.25) is 12.3 Å². The first-order chi connectivity index (χ1) is 10.8. The summed E-state index contributed by atoms with van der Waals surface area (Å²) >= 11 is 0. The Hall–Kier alpha value is -1.98. The second-order valence-corrected chi connectivity index (χ2v) is 6.00. The topological polar surface area (TPSA) is 66.4 Å². The highest BCUT2D eigenvalue weighted by Crippen LogP contribution is 2.11. The Labute approximate surface area is 134 Å². The van der Waals surface area contributed by atoms with Crippen molar-refractivity contribution in [3.8, 4) is 0 Å². The molecule has 0 aromatic heterocycles. The van der Waals surface area contributed by atoms with E-state index in [-0.39, 0.29) is 6.42 Å². The van der Waals surface area contributed by atoms with E-state index in [2.05, 4.69) is 19.2 Å². The number of carbonyl (C=O) groups excluding carboxylic acids is 1. The molecule has 0 aliphatic carbocycles. The number of benzene rings is 1. The smallest absolute Gasteiger partial charge is 0.326 e. The molecule has 1 atom stereocenters. The zero-order chi connectivity index (χ0) is 17.4. The molecule has 0 saturated carbocycles. The number of carbonyl (C=O) groups is 2. The summed E-state index contributed by atoms with van der Waals surface area (Å²) in [6.07, 6.45) is -2.17. The van der Waals surface area contributed by atoms with Crippen molar-refractivity contribution in [1.29, 1.82) is 0 Å². The lowest BCUT2D eigenvalue weighted by atomic mass is 10.0. The number of rotatable bonds is 9. The number of aliphatic carboxylic acids is 1. The molecule has 1 aromatic rings. The fourth-order valence-corrected chi connectivity index (χ4v) is 2.24. The Kier molecular flexibility index (Phi) is 7.65. The Morgan fingerprint density at radius 2 is 1.70 bits per heavy atom. The van der Waals surface area contributed by atoms with Crippen molar-refractivity contribution in [3.05, 3.63) is 35.4 Å². The number of amides is 1. The van der Waals surface area contributed by atoms with Gasteiger partial charge in [-0.25, -0.2) is 13.6 Å². The third-order valence-electron chi connectivity index (χ3n) is 3.35. The highest BCUT2D eigenvalue weighted by Gasteiger charge is 2.23. The SMILES string of the molecule is CC(C)Cc1ccc(CCC(=O)NC(CC(F)F)C(=O)O)cc1. The fourth-order valence-electron chi connectivity index (χ4n) is 2.24. The maximum atomic E-state index is 12.3. The summed E-state index contributed by atoms with van der Waals surface area (Å²) in [5.41, 5.74) is 2.17. The largest absolute Gasteiger partial charge is 0.480 e. The Balaban J connectivity index is 2.47. The lowest BCUT2D eigenvalue weighted by molar-refractivity contribution is -0.143. The summed E-state index contributed by atoms with van der Waals surface area (Å²) in [6, 6.07) is 6.32. The molecule has 2 N–H and O–H groups in total. The minimum absolute atomic E-state index is 0.0660. The quantitative estimate of drug-likeness (QED) is 0.732. The summed E-state index contributed by atoms with van der Waals surface area (Å²) in [6.45, 7) is 4.27. The normalized spacial score (nSPS) is 12.4. The van der Waals surface area contributed by atoms with Crippen LogP contribution in [-0.2, 0) is 22.4 Å². The van der Waals surface area contributed by atoms with Gasteiger partial charge >= 0.3 is 5.97 Å². The zero-order valence-corrected chi connectivity index (χ0v) is 13.4. The van der Waals surface area contributed by atoms with Crippen LogP contribution in [0.25, 0.3) is 0 Å². The highest BCUT2D eigenvalue weighted by molar-refractivity contribution is 5.83. The Morgan fingerprint density at radius 3 is 2.17 bits per heavy atom. The van der Waals surface area contributed by atoms with Crippen molar-refractivity contribution >= 4 is 11.9 Å². The van der Waals surface area contributed by atoms with Crippen molar-refractivity contribution in [2.24, 2.45) is 5.92 Å². The van der Waals surface area contributed by atoms with Gasteiger partial charge in [0, 0.05) is 12.8 Å². The molecular formula is C17H23F2NO3. The summed E-state index contributed by atoms with van der Waals surface area (Å²) in [5, 5.41) is 10.9. The predicted octanol–water partition coefficient (Wildman–Crippen LogP) is 3.04. The molecule has 0 aliphatic heterocycles. The van der Waals surface area contributed by atoms with Crippen LogP contribution in [0.2, 0.25) is 0 Å². The number of carboxylic acids is 1. The number of hydrogen-bond donors (Lipinski definition) is 2. The number of alkyl halides is 2. The summed E-state index contributed by atoms with van der Waals surface area (Å²) in [7, 11) is 0. The first-order valence-electron chi connectivity index (χ1n) is 7.66. The van der Waals surface area contributed by atoms with E-state index in [9.17, 15) is 18.4 Å². The Morgan fingerprint density at radius 1 is 1.13 bits per heavy atom. The molecule has 128 valence electrons. The van der Waals surface area contributed by atoms with E-state index in [1.807, 2.05) is 24.3 Å². The van der Waals surface area contributed by atoms with Crippen LogP contribution < -0.4 is 5.32 Å². The van der Waals surface area contributed by atoms with Gasteiger partial charge in [-0.1, -0.05) is 38.1 Å². The van der Waals surface area contributed by atoms with Crippen molar-refractivity contribution in [1.82, 2.24) is 5.32 Å². The van der Waals surface area contributed by atoms with Crippen molar-refractivity contribution in [2.45, 2.75) is 52.0 Å². The van der Waals surface area contributed by atoms with Crippen LogP contribution in [0.15, 0.2) is 24.3 Å². The molecule has 0 heterocycles. The van der Waals surface area contributed by atoms with E-state index in [1.54, 1.807) is 0 Å². The number of halogens is 2. The first-order valence-corrected chi connectivity index (χ1v) is 7.66. The Bertz CT molecular complexity index is 515. The average molecular weight is 327 g/mol. The van der Waals surface area contributed by atoms with Crippen molar-refractivity contribution in [3.63, 3.8) is 0 Å². The minimum atomic E-state index is -2.77. The second kappa shape index (κ2) is 9.22. The molecule has 23 heavy (non-hydrogen) atoms. The van der Waals surface area contributed by atoms with E-state index in [1.165, 1.54) is 5.56 Å². The maximum Gasteiger partial charge on any atom is 0.326 e. The van der Waals surface area contributed by atoms with E-state index in [0.29, 0.717) is 12.3 Å². The summed E-state index contributed by atoms with van der Waals surface area (Å²) in [5.74, 6) is -1.42. The molecule has 0 aliphatic rings. The standard InChI is InChI=1S/C17H23F2NO3/c1-11(2)9-13-5-3-12(4-6-13)7-8-16(21)20-14(17(22)23)10-15(18)19/h3-6,11,14-15H,7-10H2,1-2H3,(H,20,21)(H,22,23). The van der Waals surface area contributed by atoms with Crippen LogP contribution in [0.4, 0.5) is 8.78 Å². The molecule has 0 spiro atoms. The molecule has 0 bridgehead atoms. The highest BCUT2D eigenvalue weighted by atomic mass is 19.3. The van der Waals surface area contributed by atoms with Crippen LogP contribution in [0.1, 0.15) is 37.8 Å². The monoisotopic (exact) mass is 327 g/mol. The van der Waals surface area contributed by atoms with E-state index in [0.717, 1.165) is 12.0 Å². The van der Waals surface area contributed by atoms with Gasteiger partial charge in [-0.05, 0) is 29.9 Å². The van der Waals surface area contributed by atoms with Crippen molar-refractivity contribution < 1.29 is 23.5 Å². The minimum Gasteiger partial charge on any atom is -0.480 e. The predicted molar refractivity (Wildman–Crippen MR) is 83.5 cm³/mol. The van der Waals surface area contributed by atoms with Gasteiger partial charge in [0.1, 0.15) is 6.04 Å². The molecule has 1 rings (SSSR count). The molecule has 0 radical (unpaired) electrons. The van der Waals surface area contributed by atoms with Gasteiger partial charge in [-0.3, -0.25) is 4.79 Å². The number of hydrogen-bond acceptors (Lipinski definition) is 2. The zero-order valence-electron chi connectivity index (χ0n) is 13.4. The van der Waals surface area contributed by atoms with E-state index >= 15 is 0 Å². The van der Waals surface area contributed by atoms with Crippen molar-refractivity contribution in [2.75, 3.05) is 0 Å². The molecule has 6 heteroatoms. The third kappa shape index (κ3) is 7.72. The van der Waals surface area contributed by atoms with Crippen LogP contribution >= 0.6 is 0 Å². The number of aryl methyl sites for hydroxylation is 1. The first kappa shape index (κ1) is 19.1. The maximum absolute atomic E-state index is 12.3. The average Bonchev–Trinajstić information content (AvgIpc) is 2.44. The van der Waals surface area contributed by atoms with Gasteiger partial charge < -0.3 is 10.4 Å². The summed E-state index contributed by atoms with van der Waals surface area (Å²) < 4.78 is 24.5. The van der Waals surface area contributed by atoms with Crippen LogP contribution in [0.3, 0.4) is 0 Å². The fraction of sp³-hybridized carbons (Fsp3) is 0.529. The van der Waals surface area contributed by atoms with E-state index in [4.69, 9.17) is 5.11 Å². The molecule has 1 unspecified atom stereocenters. The second-order valence-electron chi connectivity index (χ2n) is 6.00. The molecule has 0 saturated heterocycles. The van der Waals surface area contributed by atoms with Gasteiger partial charge in [-0.15, -0.1) is 0 Å². The van der Waals surface area contributed by atoms with Gasteiger partial charge in [0.05, 0.1) is 0 Å². The van der Waals surface area contributed by atoms with Crippen LogP contribution in [-0.4, -0.2) is 29.5 Å². The molecular weight excluding hydrogens is 304 g/mol. The number of nitrogens with one attached hydrogen (secondary N) is 1. The molecule has 0 fully saturated rings. The van der Waals surface area contributed by atoms with Gasteiger partial charge in [0.25, 0.3) is 0 Å². The lowest BCUT2D eigenvalue weighted by Gasteiger charge is -2.14. The van der Waals surface area contributed by atoms with Gasteiger partial charge in [-0.2, -0.15) is 0 Å². The lowest BCUT2D eigenvalue weighted by Crippen LogP contribution is -2.42. The summed E-state index contributed by atoms with van der Waals surface area (Å²) in [4.78, 5) is 22.5. The van der Waals surface area contributed by atoms with Gasteiger partial charge in [0.15, 0.2) is 0 Å². The molecule has 1 amide bonds. The number of carboxylic acid groups (broad SMARTS) is 1. The van der Waals surface area contributed by atoms with Crippen LogP contribution in [0.5, 0.6) is 0 Å².